The minimum atomic E-state index is -4.73. The largest absolute Gasteiger partial charge is 0.471 e. The number of aromatic nitrogens is 4. The lowest BCUT2D eigenvalue weighted by atomic mass is 10.1. The number of hydrogen-bond donors (Lipinski definition) is 1. The summed E-state index contributed by atoms with van der Waals surface area (Å²) in [5.41, 5.74) is 0.841. The van der Waals surface area contributed by atoms with Crippen LogP contribution in [0.4, 0.5) is 13.2 Å². The number of ketones is 1. The van der Waals surface area contributed by atoms with Gasteiger partial charge in [-0.15, -0.1) is 0 Å². The van der Waals surface area contributed by atoms with Crippen molar-refractivity contribution in [3.8, 4) is 11.4 Å². The number of rotatable bonds is 5. The van der Waals surface area contributed by atoms with Crippen LogP contribution in [0, 0.1) is 0 Å². The molecule has 1 aromatic carbocycles. The van der Waals surface area contributed by atoms with Crippen LogP contribution in [-0.2, 0) is 13.2 Å². The molecule has 27 heavy (non-hydrogen) atoms. The van der Waals surface area contributed by atoms with Crippen molar-refractivity contribution < 1.29 is 27.3 Å². The summed E-state index contributed by atoms with van der Waals surface area (Å²) in [6.45, 7) is -0.243. The standard InChI is InChI=1S/C16H12F3N5O3/c1-24-8-11(6-21-24)14(26)20-7-12(25)9-2-4-10(5-3-9)13-22-15(27-23-13)16(17,18)19/h2-6,8H,7H2,1H3,(H,20,26). The predicted molar refractivity (Wildman–Crippen MR) is 84.6 cm³/mol. The summed E-state index contributed by atoms with van der Waals surface area (Å²) in [6, 6.07) is 5.58. The van der Waals surface area contributed by atoms with E-state index in [1.165, 1.54) is 41.3 Å². The van der Waals surface area contributed by atoms with Crippen molar-refractivity contribution in [1.82, 2.24) is 25.2 Å². The first-order chi connectivity index (χ1) is 12.7. The molecule has 0 aliphatic rings. The molecule has 0 fully saturated rings. The van der Waals surface area contributed by atoms with Gasteiger partial charge in [-0.05, 0) is 0 Å². The molecule has 11 heteroatoms. The van der Waals surface area contributed by atoms with Crippen molar-refractivity contribution >= 4 is 11.7 Å². The molecule has 3 rings (SSSR count). The molecule has 140 valence electrons. The molecule has 2 aromatic heterocycles. The number of halogens is 3. The number of carbonyl (C=O) groups excluding carboxylic acids is 2. The number of Topliss-reactive ketones (excluding diaryl/α,β-unsaturated/α-hetero) is 1. The fourth-order valence-electron chi connectivity index (χ4n) is 2.16. The van der Waals surface area contributed by atoms with Crippen LogP contribution in [0.15, 0.2) is 41.2 Å². The zero-order valence-corrected chi connectivity index (χ0v) is 13.8. The van der Waals surface area contributed by atoms with Crippen LogP contribution in [-0.4, -0.2) is 38.2 Å². The number of nitrogens with one attached hydrogen (secondary N) is 1. The Morgan fingerprint density at radius 1 is 1.19 bits per heavy atom. The summed E-state index contributed by atoms with van der Waals surface area (Å²) in [5, 5.41) is 9.60. The van der Waals surface area contributed by atoms with E-state index in [0.29, 0.717) is 5.56 Å². The number of carbonyl (C=O) groups is 2. The first-order valence-electron chi connectivity index (χ1n) is 7.55. The van der Waals surface area contributed by atoms with Crippen molar-refractivity contribution in [2.45, 2.75) is 6.18 Å². The molecule has 0 radical (unpaired) electrons. The molecule has 0 saturated heterocycles. The fourth-order valence-corrected chi connectivity index (χ4v) is 2.16. The lowest BCUT2D eigenvalue weighted by Gasteiger charge is -2.04. The SMILES string of the molecule is Cn1cc(C(=O)NCC(=O)c2ccc(-c3noc(C(F)(F)F)n3)cc2)cn1. The van der Waals surface area contributed by atoms with Gasteiger partial charge in [0, 0.05) is 24.4 Å². The van der Waals surface area contributed by atoms with Crippen LogP contribution in [0.1, 0.15) is 26.6 Å². The maximum Gasteiger partial charge on any atom is 0.471 e. The predicted octanol–water partition coefficient (Wildman–Crippen LogP) is 2.10. The van der Waals surface area contributed by atoms with Crippen LogP contribution in [0.25, 0.3) is 11.4 Å². The number of hydrogen-bond acceptors (Lipinski definition) is 6. The molecule has 1 N–H and O–H groups in total. The molecule has 8 nitrogen and oxygen atoms in total. The van der Waals surface area contributed by atoms with Gasteiger partial charge in [0.25, 0.3) is 5.91 Å². The van der Waals surface area contributed by atoms with Gasteiger partial charge < -0.3 is 9.84 Å². The highest BCUT2D eigenvalue weighted by molar-refractivity contribution is 6.02. The highest BCUT2D eigenvalue weighted by Gasteiger charge is 2.38. The molecule has 2 heterocycles. The Kier molecular flexibility index (Phi) is 4.75. The quantitative estimate of drug-likeness (QED) is 0.681. The van der Waals surface area contributed by atoms with E-state index < -0.39 is 18.0 Å². The van der Waals surface area contributed by atoms with E-state index in [1.807, 2.05) is 0 Å². The first-order valence-corrected chi connectivity index (χ1v) is 7.55. The van der Waals surface area contributed by atoms with Gasteiger partial charge >= 0.3 is 12.1 Å². The molecule has 1 amide bonds. The molecule has 0 saturated carbocycles. The van der Waals surface area contributed by atoms with Crippen molar-refractivity contribution in [3.63, 3.8) is 0 Å². The summed E-state index contributed by atoms with van der Waals surface area (Å²) in [5.74, 6) is -2.51. The number of benzene rings is 1. The highest BCUT2D eigenvalue weighted by Crippen LogP contribution is 2.29. The van der Waals surface area contributed by atoms with Gasteiger partial charge in [-0.2, -0.15) is 23.3 Å². The first kappa shape index (κ1) is 18.3. The Hall–Kier alpha value is -3.50. The maximum atomic E-state index is 12.5. The Morgan fingerprint density at radius 2 is 1.89 bits per heavy atom. The summed E-state index contributed by atoms with van der Waals surface area (Å²) >= 11 is 0. The van der Waals surface area contributed by atoms with Crippen LogP contribution in [0.3, 0.4) is 0 Å². The second-order valence-electron chi connectivity index (χ2n) is 5.51. The second-order valence-corrected chi connectivity index (χ2v) is 5.51. The van der Waals surface area contributed by atoms with E-state index in [2.05, 4.69) is 25.1 Å². The van der Waals surface area contributed by atoms with E-state index in [1.54, 1.807) is 7.05 Å². The monoisotopic (exact) mass is 379 g/mol. The minimum Gasteiger partial charge on any atom is -0.344 e. The van der Waals surface area contributed by atoms with Crippen LogP contribution in [0.5, 0.6) is 0 Å². The third-order valence-corrected chi connectivity index (χ3v) is 3.51. The number of nitrogens with zero attached hydrogens (tertiary/aromatic N) is 4. The Labute approximate surface area is 150 Å². The van der Waals surface area contributed by atoms with Crippen LogP contribution >= 0.6 is 0 Å². The highest BCUT2D eigenvalue weighted by atomic mass is 19.4. The number of amides is 1. The Morgan fingerprint density at radius 3 is 2.44 bits per heavy atom. The third kappa shape index (κ3) is 4.19. The Bertz CT molecular complexity index is 976. The molecular formula is C16H12F3N5O3. The summed E-state index contributed by atoms with van der Waals surface area (Å²) in [6.07, 6.45) is -1.85. The topological polar surface area (TPSA) is 103 Å². The second kappa shape index (κ2) is 7.02. The van der Waals surface area contributed by atoms with Gasteiger partial charge in [0.2, 0.25) is 5.82 Å². The third-order valence-electron chi connectivity index (χ3n) is 3.51. The summed E-state index contributed by atoms with van der Waals surface area (Å²) in [7, 11) is 1.66. The normalized spacial score (nSPS) is 11.4. The zero-order chi connectivity index (χ0) is 19.6. The zero-order valence-electron chi connectivity index (χ0n) is 13.8. The van der Waals surface area contributed by atoms with E-state index >= 15 is 0 Å². The molecule has 0 aliphatic carbocycles. The molecule has 0 aliphatic heterocycles. The average molecular weight is 379 g/mol. The van der Waals surface area contributed by atoms with Crippen LogP contribution < -0.4 is 5.32 Å². The average Bonchev–Trinajstić information content (AvgIpc) is 3.28. The fraction of sp³-hybridized carbons (Fsp3) is 0.188. The minimum absolute atomic E-state index is 0.243. The molecule has 0 unspecified atom stereocenters. The van der Waals surface area contributed by atoms with Crippen molar-refractivity contribution in [1.29, 1.82) is 0 Å². The summed E-state index contributed by atoms with van der Waals surface area (Å²) in [4.78, 5) is 27.3. The number of alkyl halides is 3. The number of aryl methyl sites for hydroxylation is 1. The summed E-state index contributed by atoms with van der Waals surface area (Å²) < 4.78 is 43.1. The van der Waals surface area contributed by atoms with Gasteiger partial charge in [0.15, 0.2) is 5.78 Å². The van der Waals surface area contributed by atoms with E-state index in [4.69, 9.17) is 0 Å². The van der Waals surface area contributed by atoms with Crippen molar-refractivity contribution in [2.24, 2.45) is 7.05 Å². The Balaban J connectivity index is 1.63. The molecule has 0 atom stereocenters. The van der Waals surface area contributed by atoms with Gasteiger partial charge in [0.05, 0.1) is 18.3 Å². The van der Waals surface area contributed by atoms with Gasteiger partial charge in [0.1, 0.15) is 0 Å². The van der Waals surface area contributed by atoms with Crippen LogP contribution in [0.2, 0.25) is 0 Å². The maximum absolute atomic E-state index is 12.5. The molecule has 0 spiro atoms. The molecule has 3 aromatic rings. The van der Waals surface area contributed by atoms with E-state index in [0.717, 1.165) is 0 Å². The smallest absolute Gasteiger partial charge is 0.344 e. The van der Waals surface area contributed by atoms with Gasteiger partial charge in [-0.3, -0.25) is 14.3 Å². The molecule has 0 bridgehead atoms. The van der Waals surface area contributed by atoms with Gasteiger partial charge in [-0.1, -0.05) is 29.4 Å². The van der Waals surface area contributed by atoms with E-state index in [9.17, 15) is 22.8 Å². The van der Waals surface area contributed by atoms with Gasteiger partial charge in [-0.25, -0.2) is 0 Å². The lowest BCUT2D eigenvalue weighted by Crippen LogP contribution is -2.29. The molecular weight excluding hydrogens is 367 g/mol. The van der Waals surface area contributed by atoms with E-state index in [-0.39, 0.29) is 29.3 Å². The van der Waals surface area contributed by atoms with Crippen molar-refractivity contribution in [2.75, 3.05) is 6.54 Å². The van der Waals surface area contributed by atoms with Crippen molar-refractivity contribution in [3.05, 3.63) is 53.7 Å². The lowest BCUT2D eigenvalue weighted by molar-refractivity contribution is -0.159.